The van der Waals surface area contributed by atoms with Crippen LogP contribution in [0.1, 0.15) is 0 Å². The van der Waals surface area contributed by atoms with E-state index >= 15 is 0 Å². The summed E-state index contributed by atoms with van der Waals surface area (Å²) in [6.45, 7) is 1.79. The van der Waals surface area contributed by atoms with E-state index in [2.05, 4.69) is 0 Å². The Bertz CT molecular complexity index is 870. The summed E-state index contributed by atoms with van der Waals surface area (Å²) in [7, 11) is -2.04. The summed E-state index contributed by atoms with van der Waals surface area (Å²) in [4.78, 5) is 13.6. The highest BCUT2D eigenvalue weighted by atomic mass is 32.2. The fourth-order valence-corrected chi connectivity index (χ4v) is 3.87. The van der Waals surface area contributed by atoms with Gasteiger partial charge in [0.25, 0.3) is 0 Å². The van der Waals surface area contributed by atoms with E-state index in [0.717, 1.165) is 12.1 Å². The van der Waals surface area contributed by atoms with Gasteiger partial charge in [0.15, 0.2) is 4.90 Å². The number of fused-ring (bicyclic) bond motifs is 1. The molecule has 1 aliphatic heterocycles. The minimum absolute atomic E-state index is 0.156. The van der Waals surface area contributed by atoms with Gasteiger partial charge in [0.05, 0.1) is 0 Å². The van der Waals surface area contributed by atoms with Crippen LogP contribution >= 0.6 is 0 Å². The lowest BCUT2D eigenvalue weighted by Crippen LogP contribution is -2.47. The first-order valence-electron chi connectivity index (χ1n) is 6.80. The molecule has 1 aromatic carbocycles. The standard InChI is InChI=1S/C14H15FN2O4S/c1-16-4-6-17(7-5-16)22(19,20)13-9-10-8-11(15)2-3-12(10)21-14(13)18/h2-3,8-9H,4-7H2,1H3. The second kappa shape index (κ2) is 5.45. The van der Waals surface area contributed by atoms with Gasteiger partial charge >= 0.3 is 5.63 Å². The van der Waals surface area contributed by atoms with Gasteiger partial charge < -0.3 is 9.32 Å². The molecule has 0 spiro atoms. The van der Waals surface area contributed by atoms with Gasteiger partial charge in [-0.2, -0.15) is 4.31 Å². The minimum Gasteiger partial charge on any atom is -0.422 e. The lowest BCUT2D eigenvalue weighted by Gasteiger charge is -2.31. The monoisotopic (exact) mass is 326 g/mol. The van der Waals surface area contributed by atoms with Crippen molar-refractivity contribution in [3.63, 3.8) is 0 Å². The Morgan fingerprint density at radius 2 is 1.82 bits per heavy atom. The van der Waals surface area contributed by atoms with E-state index in [1.807, 2.05) is 11.9 Å². The molecule has 0 aliphatic carbocycles. The number of sulfonamides is 1. The molecule has 1 fully saturated rings. The van der Waals surface area contributed by atoms with Crippen LogP contribution in [-0.2, 0) is 10.0 Å². The molecule has 0 unspecified atom stereocenters. The van der Waals surface area contributed by atoms with Gasteiger partial charge in [-0.25, -0.2) is 17.6 Å². The van der Waals surface area contributed by atoms with Crippen molar-refractivity contribution in [2.24, 2.45) is 0 Å². The Kier molecular flexibility index (Phi) is 3.75. The number of hydrogen-bond acceptors (Lipinski definition) is 5. The van der Waals surface area contributed by atoms with Crippen LogP contribution in [0.5, 0.6) is 0 Å². The van der Waals surface area contributed by atoms with E-state index in [1.165, 1.54) is 16.4 Å². The molecule has 0 bridgehead atoms. The van der Waals surface area contributed by atoms with Gasteiger partial charge in [-0.05, 0) is 31.3 Å². The average Bonchev–Trinajstić information content (AvgIpc) is 2.47. The van der Waals surface area contributed by atoms with Crippen LogP contribution in [-0.4, -0.2) is 50.8 Å². The summed E-state index contributed by atoms with van der Waals surface area (Å²) in [5.74, 6) is -0.524. The third-order valence-electron chi connectivity index (χ3n) is 3.74. The normalized spacial score (nSPS) is 17.9. The van der Waals surface area contributed by atoms with Crippen LogP contribution in [0.2, 0.25) is 0 Å². The van der Waals surface area contributed by atoms with Crippen molar-refractivity contribution < 1.29 is 17.2 Å². The molecule has 118 valence electrons. The predicted octanol–water partition coefficient (Wildman–Crippen LogP) is 0.868. The van der Waals surface area contributed by atoms with Crippen molar-refractivity contribution in [3.05, 3.63) is 40.5 Å². The number of rotatable bonds is 2. The van der Waals surface area contributed by atoms with Gasteiger partial charge in [0, 0.05) is 31.6 Å². The predicted molar refractivity (Wildman–Crippen MR) is 78.7 cm³/mol. The SMILES string of the molecule is CN1CCN(S(=O)(=O)c2cc3cc(F)ccc3oc2=O)CC1. The number of likely N-dealkylation sites (N-methyl/N-ethyl adjacent to an activating group) is 1. The fourth-order valence-electron chi connectivity index (χ4n) is 2.42. The highest BCUT2D eigenvalue weighted by Crippen LogP contribution is 2.20. The van der Waals surface area contributed by atoms with E-state index in [1.54, 1.807) is 0 Å². The molecule has 22 heavy (non-hydrogen) atoms. The van der Waals surface area contributed by atoms with E-state index in [9.17, 15) is 17.6 Å². The molecule has 2 heterocycles. The lowest BCUT2D eigenvalue weighted by atomic mass is 10.2. The zero-order valence-corrected chi connectivity index (χ0v) is 12.8. The van der Waals surface area contributed by atoms with Gasteiger partial charge in [-0.15, -0.1) is 0 Å². The van der Waals surface area contributed by atoms with Gasteiger partial charge in [0.2, 0.25) is 10.0 Å². The van der Waals surface area contributed by atoms with Crippen LogP contribution in [0.25, 0.3) is 11.0 Å². The molecular weight excluding hydrogens is 311 g/mol. The number of hydrogen-bond donors (Lipinski definition) is 0. The smallest absolute Gasteiger partial charge is 0.356 e. The second-order valence-electron chi connectivity index (χ2n) is 5.29. The summed E-state index contributed by atoms with van der Waals surface area (Å²) in [5, 5.41) is 0.243. The Labute approximate surface area is 126 Å². The number of halogens is 1. The molecule has 0 N–H and O–H groups in total. The summed E-state index contributed by atoms with van der Waals surface area (Å²) in [5.41, 5.74) is -0.776. The quantitative estimate of drug-likeness (QED) is 0.766. The van der Waals surface area contributed by atoms with Gasteiger partial charge in [0.1, 0.15) is 11.4 Å². The molecule has 8 heteroatoms. The summed E-state index contributed by atoms with van der Waals surface area (Å²) in [6, 6.07) is 4.78. The first-order valence-corrected chi connectivity index (χ1v) is 8.24. The molecule has 1 aromatic heterocycles. The highest BCUT2D eigenvalue weighted by molar-refractivity contribution is 7.89. The van der Waals surface area contributed by atoms with Crippen LogP contribution < -0.4 is 5.63 Å². The third-order valence-corrected chi connectivity index (χ3v) is 5.63. The van der Waals surface area contributed by atoms with Crippen molar-refractivity contribution in [1.29, 1.82) is 0 Å². The Hall–Kier alpha value is -1.77. The van der Waals surface area contributed by atoms with Crippen LogP contribution in [0.4, 0.5) is 4.39 Å². The van der Waals surface area contributed by atoms with Gasteiger partial charge in [-0.1, -0.05) is 0 Å². The minimum atomic E-state index is -3.94. The number of benzene rings is 1. The van der Waals surface area contributed by atoms with Crippen LogP contribution in [0.3, 0.4) is 0 Å². The Morgan fingerprint density at radius 3 is 2.50 bits per heavy atom. The summed E-state index contributed by atoms with van der Waals surface area (Å²) < 4.78 is 44.7. The zero-order valence-electron chi connectivity index (χ0n) is 12.0. The van der Waals surface area contributed by atoms with Crippen molar-refractivity contribution in [1.82, 2.24) is 9.21 Å². The molecular formula is C14H15FN2O4S. The van der Waals surface area contributed by atoms with Crippen molar-refractivity contribution in [2.45, 2.75) is 4.90 Å². The van der Waals surface area contributed by atoms with Crippen LogP contribution in [0, 0.1) is 5.82 Å². The van der Waals surface area contributed by atoms with E-state index in [-0.39, 0.29) is 11.0 Å². The maximum absolute atomic E-state index is 13.3. The van der Waals surface area contributed by atoms with Crippen molar-refractivity contribution in [3.8, 4) is 0 Å². The first-order chi connectivity index (χ1) is 10.4. The molecule has 1 aliphatic rings. The van der Waals surface area contributed by atoms with E-state index in [4.69, 9.17) is 4.42 Å². The zero-order chi connectivity index (χ0) is 15.9. The van der Waals surface area contributed by atoms with E-state index in [0.29, 0.717) is 26.2 Å². The Morgan fingerprint density at radius 1 is 1.14 bits per heavy atom. The van der Waals surface area contributed by atoms with E-state index < -0.39 is 26.4 Å². The number of piperazine rings is 1. The topological polar surface area (TPSA) is 70.8 Å². The molecule has 0 amide bonds. The van der Waals surface area contributed by atoms with Gasteiger partial charge in [-0.3, -0.25) is 0 Å². The largest absolute Gasteiger partial charge is 0.422 e. The molecule has 3 rings (SSSR count). The maximum atomic E-state index is 13.3. The first kappa shape index (κ1) is 15.1. The molecule has 0 atom stereocenters. The second-order valence-corrected chi connectivity index (χ2v) is 7.19. The summed E-state index contributed by atoms with van der Waals surface area (Å²) in [6.07, 6.45) is 0. The molecule has 0 saturated carbocycles. The van der Waals surface area contributed by atoms with Crippen LogP contribution in [0.15, 0.2) is 38.4 Å². The van der Waals surface area contributed by atoms with Crippen molar-refractivity contribution >= 4 is 21.0 Å². The third kappa shape index (κ3) is 2.65. The molecule has 6 nitrogen and oxygen atoms in total. The molecule has 1 saturated heterocycles. The average molecular weight is 326 g/mol. The maximum Gasteiger partial charge on any atom is 0.356 e. The molecule has 0 radical (unpaired) electrons. The molecule has 2 aromatic rings. The fraction of sp³-hybridized carbons (Fsp3) is 0.357. The van der Waals surface area contributed by atoms with Crippen molar-refractivity contribution in [2.75, 3.05) is 33.2 Å². The Balaban J connectivity index is 2.08. The number of nitrogens with zero attached hydrogens (tertiary/aromatic N) is 2. The highest BCUT2D eigenvalue weighted by Gasteiger charge is 2.30. The summed E-state index contributed by atoms with van der Waals surface area (Å²) >= 11 is 0. The lowest BCUT2D eigenvalue weighted by molar-refractivity contribution is 0.222.